The van der Waals surface area contributed by atoms with Crippen LogP contribution in [0.25, 0.3) is 0 Å². The van der Waals surface area contributed by atoms with Crippen molar-refractivity contribution in [3.8, 4) is 0 Å². The Bertz CT molecular complexity index is 222. The Balaban J connectivity index is 2.23. The van der Waals surface area contributed by atoms with Crippen molar-refractivity contribution in [3.63, 3.8) is 0 Å². The van der Waals surface area contributed by atoms with E-state index in [9.17, 15) is 4.79 Å². The number of nitrogens with one attached hydrogen (secondary N) is 1. The van der Waals surface area contributed by atoms with E-state index >= 15 is 0 Å². The zero-order valence-electron chi connectivity index (χ0n) is 10.2. The van der Waals surface area contributed by atoms with Crippen LogP contribution in [0.5, 0.6) is 0 Å². The van der Waals surface area contributed by atoms with Crippen LogP contribution in [0.2, 0.25) is 0 Å². The van der Waals surface area contributed by atoms with Crippen molar-refractivity contribution in [1.29, 1.82) is 0 Å². The number of carbonyl (C=O) groups excluding carboxylic acids is 1. The van der Waals surface area contributed by atoms with Gasteiger partial charge in [0.15, 0.2) is 0 Å². The van der Waals surface area contributed by atoms with E-state index in [1.807, 2.05) is 0 Å². The van der Waals surface area contributed by atoms with E-state index in [4.69, 9.17) is 5.73 Å². The Morgan fingerprint density at radius 1 is 1.47 bits per heavy atom. The molecule has 0 aromatic carbocycles. The van der Waals surface area contributed by atoms with Crippen LogP contribution < -0.4 is 11.1 Å². The maximum absolute atomic E-state index is 11.6. The Hall–Kier alpha value is -0.570. The fourth-order valence-electron chi connectivity index (χ4n) is 1.85. The second kappa shape index (κ2) is 4.97. The van der Waals surface area contributed by atoms with Gasteiger partial charge in [0.25, 0.3) is 0 Å². The Morgan fingerprint density at radius 3 is 2.47 bits per heavy atom. The molecule has 1 amide bonds. The molecule has 1 fully saturated rings. The number of hydrogen-bond donors (Lipinski definition) is 2. The van der Waals surface area contributed by atoms with Crippen molar-refractivity contribution in [3.05, 3.63) is 0 Å². The van der Waals surface area contributed by atoms with E-state index in [-0.39, 0.29) is 11.9 Å². The number of amides is 1. The number of hydrogen-bond acceptors (Lipinski definition) is 2. The van der Waals surface area contributed by atoms with E-state index in [0.717, 1.165) is 19.4 Å². The summed E-state index contributed by atoms with van der Waals surface area (Å²) in [5.41, 5.74) is 6.21. The van der Waals surface area contributed by atoms with Gasteiger partial charge in [0.2, 0.25) is 5.91 Å². The summed E-state index contributed by atoms with van der Waals surface area (Å²) in [7, 11) is 0. The highest BCUT2D eigenvalue weighted by atomic mass is 16.2. The topological polar surface area (TPSA) is 55.1 Å². The standard InChI is InChI=1S/C12H24N2O/c1-4-12(5-6-12)8-14-11(15)10(13)7-9(2)3/h9-10H,4-8,13H2,1-3H3,(H,14,15)/t10-/m1/s1. The second-order valence-corrected chi connectivity index (χ2v) is 5.31. The first kappa shape index (κ1) is 12.5. The summed E-state index contributed by atoms with van der Waals surface area (Å²) in [6.07, 6.45) is 4.43. The van der Waals surface area contributed by atoms with Crippen LogP contribution >= 0.6 is 0 Å². The molecule has 0 bridgehead atoms. The molecule has 3 N–H and O–H groups in total. The quantitative estimate of drug-likeness (QED) is 0.703. The van der Waals surface area contributed by atoms with Gasteiger partial charge in [-0.25, -0.2) is 0 Å². The third kappa shape index (κ3) is 3.82. The summed E-state index contributed by atoms with van der Waals surface area (Å²) in [5.74, 6) is 0.496. The smallest absolute Gasteiger partial charge is 0.236 e. The Morgan fingerprint density at radius 2 is 2.07 bits per heavy atom. The lowest BCUT2D eigenvalue weighted by atomic mass is 10.0. The van der Waals surface area contributed by atoms with Crippen LogP contribution in [0.15, 0.2) is 0 Å². The van der Waals surface area contributed by atoms with Crippen molar-refractivity contribution >= 4 is 5.91 Å². The lowest BCUT2D eigenvalue weighted by Gasteiger charge is -2.17. The SMILES string of the molecule is CCC1(CNC(=O)[C@H](N)CC(C)C)CC1. The molecule has 0 radical (unpaired) electrons. The van der Waals surface area contributed by atoms with Gasteiger partial charge in [0.1, 0.15) is 0 Å². The average Bonchev–Trinajstić information content (AvgIpc) is 2.94. The van der Waals surface area contributed by atoms with Crippen LogP contribution in [0.3, 0.4) is 0 Å². The molecule has 1 aliphatic rings. The van der Waals surface area contributed by atoms with Crippen molar-refractivity contribution in [2.45, 2.75) is 52.5 Å². The first-order valence-electron chi connectivity index (χ1n) is 6.02. The molecule has 0 saturated heterocycles. The lowest BCUT2D eigenvalue weighted by Crippen LogP contribution is -2.43. The van der Waals surface area contributed by atoms with Crippen molar-refractivity contribution in [2.75, 3.05) is 6.54 Å². The largest absolute Gasteiger partial charge is 0.354 e. The molecule has 1 saturated carbocycles. The molecule has 0 aliphatic heterocycles. The predicted octanol–water partition coefficient (Wildman–Crippen LogP) is 1.67. The second-order valence-electron chi connectivity index (χ2n) is 5.31. The van der Waals surface area contributed by atoms with Gasteiger partial charge in [-0.2, -0.15) is 0 Å². The fraction of sp³-hybridized carbons (Fsp3) is 0.917. The Kier molecular flexibility index (Phi) is 4.14. The molecule has 0 aromatic heterocycles. The van der Waals surface area contributed by atoms with Gasteiger partial charge in [0, 0.05) is 6.54 Å². The number of carbonyl (C=O) groups is 1. The highest BCUT2D eigenvalue weighted by Gasteiger charge is 2.40. The van der Waals surface area contributed by atoms with Crippen molar-refractivity contribution in [2.24, 2.45) is 17.1 Å². The minimum absolute atomic E-state index is 0.0171. The van der Waals surface area contributed by atoms with Gasteiger partial charge in [-0.1, -0.05) is 20.8 Å². The monoisotopic (exact) mass is 212 g/mol. The predicted molar refractivity (Wildman–Crippen MR) is 62.4 cm³/mol. The van der Waals surface area contributed by atoms with Gasteiger partial charge < -0.3 is 11.1 Å². The molecule has 0 heterocycles. The normalized spacial score (nSPS) is 20.1. The zero-order chi connectivity index (χ0) is 11.5. The fourth-order valence-corrected chi connectivity index (χ4v) is 1.85. The highest BCUT2D eigenvalue weighted by molar-refractivity contribution is 5.81. The zero-order valence-corrected chi connectivity index (χ0v) is 10.2. The van der Waals surface area contributed by atoms with Gasteiger partial charge in [-0.05, 0) is 37.0 Å². The maximum Gasteiger partial charge on any atom is 0.236 e. The van der Waals surface area contributed by atoms with Crippen LogP contribution in [0.1, 0.15) is 46.5 Å². The maximum atomic E-state index is 11.6. The highest BCUT2D eigenvalue weighted by Crippen LogP contribution is 2.47. The summed E-state index contributed by atoms with van der Waals surface area (Å²) in [5, 5.41) is 2.98. The van der Waals surface area contributed by atoms with Gasteiger partial charge >= 0.3 is 0 Å². The summed E-state index contributed by atoms with van der Waals surface area (Å²) in [4.78, 5) is 11.6. The van der Waals surface area contributed by atoms with Crippen LogP contribution in [-0.2, 0) is 4.79 Å². The molecule has 1 rings (SSSR count). The van der Waals surface area contributed by atoms with Gasteiger partial charge in [0.05, 0.1) is 6.04 Å². The lowest BCUT2D eigenvalue weighted by molar-refractivity contribution is -0.122. The van der Waals surface area contributed by atoms with Crippen LogP contribution in [0.4, 0.5) is 0 Å². The summed E-state index contributed by atoms with van der Waals surface area (Å²) < 4.78 is 0. The third-order valence-corrected chi connectivity index (χ3v) is 3.41. The molecule has 0 spiro atoms. The van der Waals surface area contributed by atoms with Crippen molar-refractivity contribution < 1.29 is 4.79 Å². The minimum atomic E-state index is -0.336. The summed E-state index contributed by atoms with van der Waals surface area (Å²) >= 11 is 0. The number of nitrogens with two attached hydrogens (primary N) is 1. The molecule has 1 aliphatic carbocycles. The molecule has 1 atom stereocenters. The van der Waals surface area contributed by atoms with E-state index in [1.54, 1.807) is 0 Å². The third-order valence-electron chi connectivity index (χ3n) is 3.41. The van der Waals surface area contributed by atoms with Crippen molar-refractivity contribution in [1.82, 2.24) is 5.32 Å². The molecule has 88 valence electrons. The molecular weight excluding hydrogens is 188 g/mol. The molecule has 15 heavy (non-hydrogen) atoms. The number of rotatable bonds is 6. The molecule has 3 heteroatoms. The van der Waals surface area contributed by atoms with E-state index < -0.39 is 0 Å². The molecule has 3 nitrogen and oxygen atoms in total. The van der Waals surface area contributed by atoms with E-state index in [2.05, 4.69) is 26.1 Å². The average molecular weight is 212 g/mol. The summed E-state index contributed by atoms with van der Waals surface area (Å²) in [6.45, 7) is 7.17. The van der Waals surface area contributed by atoms with E-state index in [0.29, 0.717) is 11.3 Å². The van der Waals surface area contributed by atoms with Crippen LogP contribution in [0, 0.1) is 11.3 Å². The van der Waals surface area contributed by atoms with Crippen LogP contribution in [-0.4, -0.2) is 18.5 Å². The molecule has 0 unspecified atom stereocenters. The van der Waals surface area contributed by atoms with Gasteiger partial charge in [-0.15, -0.1) is 0 Å². The first-order chi connectivity index (χ1) is 6.99. The van der Waals surface area contributed by atoms with Gasteiger partial charge in [-0.3, -0.25) is 4.79 Å². The molecule has 0 aromatic rings. The Labute approximate surface area is 92.8 Å². The van der Waals surface area contributed by atoms with E-state index in [1.165, 1.54) is 12.8 Å². The first-order valence-corrected chi connectivity index (χ1v) is 6.02. The molecular formula is C12H24N2O. The minimum Gasteiger partial charge on any atom is -0.354 e. The summed E-state index contributed by atoms with van der Waals surface area (Å²) in [6, 6.07) is -0.336.